The molecule has 1 unspecified atom stereocenters. The smallest absolute Gasteiger partial charge is 0.293 e. The highest BCUT2D eigenvalue weighted by Crippen LogP contribution is 2.46. The van der Waals surface area contributed by atoms with E-state index < -0.39 is 31.4 Å². The molecule has 350 valence electrons. The summed E-state index contributed by atoms with van der Waals surface area (Å²) in [5.41, 5.74) is 5.18. The first-order chi connectivity index (χ1) is 32.2. The number of hydrogen-bond donors (Lipinski definition) is 3. The maximum Gasteiger partial charge on any atom is 0.293 e. The van der Waals surface area contributed by atoms with Crippen LogP contribution >= 0.6 is 22.9 Å². The lowest BCUT2D eigenvalue weighted by Gasteiger charge is -2.39. The molecule has 3 aromatic heterocycles. The fraction of sp³-hybridized carbons (Fsp3) is 0.333. The summed E-state index contributed by atoms with van der Waals surface area (Å²) in [5, 5.41) is 18.2. The Labute approximate surface area is 396 Å². The quantitative estimate of drug-likeness (QED) is 0.0696. The van der Waals surface area contributed by atoms with Crippen LogP contribution < -0.4 is 19.7 Å². The number of thiophene rings is 1. The van der Waals surface area contributed by atoms with Gasteiger partial charge in [0.15, 0.2) is 0 Å². The van der Waals surface area contributed by atoms with Crippen molar-refractivity contribution in [1.29, 1.82) is 0 Å². The number of nitro benzene ring substituents is 1. The Balaban J connectivity index is 0.924. The number of anilines is 2. The van der Waals surface area contributed by atoms with E-state index in [-0.39, 0.29) is 40.9 Å². The van der Waals surface area contributed by atoms with Gasteiger partial charge >= 0.3 is 0 Å². The van der Waals surface area contributed by atoms with E-state index in [0.717, 1.165) is 66.5 Å². The molecular weight excluding hydrogens is 921 g/mol. The van der Waals surface area contributed by atoms with Crippen LogP contribution in [0.25, 0.3) is 27.7 Å². The van der Waals surface area contributed by atoms with Gasteiger partial charge in [0, 0.05) is 84.1 Å². The SMILES string of the molecule is CC1(C)CCC(CN2CCN(c3ccc(C(=O)NS(=O)(=O)c4ccc(NCC5COCCO5)c([N+](=O)[O-])c4)c(Oc4cnc5[nH]ccc5c4)c3)CC2)=C(c2cc(-c3ccc(Cl)cc3F)cs2)C1. The molecule has 1 amide bonds. The number of aromatic nitrogens is 2. The number of carbonyl (C=O) groups is 1. The molecule has 2 saturated heterocycles. The van der Waals surface area contributed by atoms with Crippen molar-refractivity contribution in [2.45, 2.75) is 44.1 Å². The largest absolute Gasteiger partial charge is 0.455 e. The molecule has 3 aliphatic rings. The summed E-state index contributed by atoms with van der Waals surface area (Å²) in [6.07, 6.45) is 5.89. The van der Waals surface area contributed by atoms with Gasteiger partial charge in [-0.3, -0.25) is 19.8 Å². The third-order valence-corrected chi connectivity index (χ3v) is 15.0. The second kappa shape index (κ2) is 19.4. The number of sulfonamides is 1. The van der Waals surface area contributed by atoms with Gasteiger partial charge in [0.2, 0.25) is 0 Å². The number of pyridine rings is 1. The van der Waals surface area contributed by atoms with Crippen LogP contribution in [-0.2, 0) is 19.5 Å². The molecule has 0 saturated carbocycles. The Morgan fingerprint density at radius 3 is 2.69 bits per heavy atom. The van der Waals surface area contributed by atoms with Crippen molar-refractivity contribution in [3.05, 3.63) is 128 Å². The van der Waals surface area contributed by atoms with E-state index >= 15 is 0 Å². The van der Waals surface area contributed by atoms with Crippen molar-refractivity contribution in [1.82, 2.24) is 19.6 Å². The predicted molar refractivity (Wildman–Crippen MR) is 257 cm³/mol. The van der Waals surface area contributed by atoms with Crippen molar-refractivity contribution < 1.29 is 36.7 Å². The molecule has 0 bridgehead atoms. The summed E-state index contributed by atoms with van der Waals surface area (Å²) in [6.45, 7) is 9.66. The Hall–Kier alpha value is -5.89. The number of nitro groups is 1. The van der Waals surface area contributed by atoms with E-state index in [1.165, 1.54) is 41.6 Å². The van der Waals surface area contributed by atoms with Gasteiger partial charge in [0.1, 0.15) is 28.7 Å². The van der Waals surface area contributed by atoms with Gasteiger partial charge in [-0.05, 0) is 102 Å². The van der Waals surface area contributed by atoms with Crippen LogP contribution in [0.3, 0.4) is 0 Å². The van der Waals surface area contributed by atoms with Crippen LogP contribution in [0.1, 0.15) is 48.3 Å². The number of carbonyl (C=O) groups excluding carboxylic acids is 1. The topological polar surface area (TPSA) is 181 Å². The molecule has 1 aliphatic carbocycles. The number of hydrogen-bond acceptors (Lipinski definition) is 13. The molecule has 67 heavy (non-hydrogen) atoms. The van der Waals surface area contributed by atoms with E-state index in [1.54, 1.807) is 47.9 Å². The van der Waals surface area contributed by atoms with Crippen LogP contribution in [0.5, 0.6) is 11.5 Å². The van der Waals surface area contributed by atoms with E-state index in [0.29, 0.717) is 54.9 Å². The zero-order chi connectivity index (χ0) is 46.9. The average Bonchev–Trinajstić information content (AvgIpc) is 4.00. The highest BCUT2D eigenvalue weighted by atomic mass is 35.5. The number of ether oxygens (including phenoxy) is 3. The molecule has 2 aliphatic heterocycles. The highest BCUT2D eigenvalue weighted by Gasteiger charge is 2.31. The number of piperazine rings is 1. The molecule has 0 spiro atoms. The maximum absolute atomic E-state index is 14.9. The van der Waals surface area contributed by atoms with Crippen molar-refractivity contribution in [2.75, 3.05) is 69.3 Å². The zero-order valence-corrected chi connectivity index (χ0v) is 39.2. The van der Waals surface area contributed by atoms with Crippen molar-refractivity contribution in [3.8, 4) is 22.6 Å². The second-order valence-electron chi connectivity index (χ2n) is 17.7. The number of allylic oxidation sites excluding steroid dienone is 1. The Bertz CT molecular complexity index is 2980. The predicted octanol–water partition coefficient (Wildman–Crippen LogP) is 9.52. The summed E-state index contributed by atoms with van der Waals surface area (Å²) < 4.78 is 61.7. The molecule has 9 rings (SSSR count). The molecule has 6 aromatic rings. The Morgan fingerprint density at radius 1 is 1.07 bits per heavy atom. The van der Waals surface area contributed by atoms with Crippen molar-refractivity contribution in [2.24, 2.45) is 5.41 Å². The number of fused-ring (bicyclic) bond motifs is 1. The van der Waals surface area contributed by atoms with Gasteiger partial charge < -0.3 is 29.4 Å². The lowest BCUT2D eigenvalue weighted by Crippen LogP contribution is -2.47. The monoisotopic (exact) mass is 969 g/mol. The maximum atomic E-state index is 14.9. The lowest BCUT2D eigenvalue weighted by atomic mass is 9.73. The number of halogens is 2. The van der Waals surface area contributed by atoms with Crippen LogP contribution in [0.15, 0.2) is 101 Å². The van der Waals surface area contributed by atoms with Crippen LogP contribution in [0.2, 0.25) is 5.02 Å². The third-order valence-electron chi connectivity index (χ3n) is 12.4. The second-order valence-corrected chi connectivity index (χ2v) is 20.7. The average molecular weight is 971 g/mol. The van der Waals surface area contributed by atoms with Crippen molar-refractivity contribution in [3.63, 3.8) is 0 Å². The summed E-state index contributed by atoms with van der Waals surface area (Å²) in [5.74, 6) is -0.911. The number of nitrogens with zero attached hydrogens (tertiary/aromatic N) is 4. The number of benzene rings is 3. The minimum absolute atomic E-state index is 0.0714. The minimum atomic E-state index is -4.61. The molecule has 2 fully saturated rings. The first kappa shape index (κ1) is 46.2. The molecule has 3 N–H and O–H groups in total. The standard InChI is InChI=1S/C48H49ClFN7O8S2/c1-48(2)11-9-31(40(24-48)45-20-32(29-66-45)38-6-3-33(49)21-41(38)50)27-55-13-15-56(16-14-55)34-4-7-39(44(22-34)65-35-19-30-10-12-51-46(30)53-25-35)47(58)54-67(61,62)37-5-8-42(43(23-37)57(59)60)52-26-36-28-63-17-18-64-36/h3-8,10,12,19-23,25,29,36,52H,9,11,13-18,24,26-28H2,1-2H3,(H,51,53)(H,54,58). The number of aromatic amines is 1. The third kappa shape index (κ3) is 10.6. The molecule has 1 atom stereocenters. The van der Waals surface area contributed by atoms with E-state index in [2.05, 4.69) is 49.7 Å². The van der Waals surface area contributed by atoms with Gasteiger partial charge in [-0.15, -0.1) is 11.3 Å². The molecule has 3 aromatic carbocycles. The molecule has 0 radical (unpaired) electrons. The molecule has 19 heteroatoms. The fourth-order valence-electron chi connectivity index (χ4n) is 8.74. The van der Waals surface area contributed by atoms with E-state index in [1.807, 2.05) is 11.4 Å². The first-order valence-corrected chi connectivity index (χ1v) is 24.7. The Morgan fingerprint density at radius 2 is 1.91 bits per heavy atom. The first-order valence-electron chi connectivity index (χ1n) is 21.9. The van der Waals surface area contributed by atoms with Gasteiger partial charge in [-0.25, -0.2) is 22.5 Å². The summed E-state index contributed by atoms with van der Waals surface area (Å²) >= 11 is 7.69. The van der Waals surface area contributed by atoms with Gasteiger partial charge in [0.25, 0.3) is 21.6 Å². The highest BCUT2D eigenvalue weighted by molar-refractivity contribution is 7.90. The van der Waals surface area contributed by atoms with Gasteiger partial charge in [-0.1, -0.05) is 31.0 Å². The number of nitrogens with one attached hydrogen (secondary N) is 3. The normalized spacial score (nSPS) is 18.0. The van der Waals surface area contributed by atoms with Crippen LogP contribution in [-0.4, -0.2) is 99.3 Å². The summed E-state index contributed by atoms with van der Waals surface area (Å²) in [6, 6.07) is 18.8. The number of H-pyrrole nitrogens is 1. The lowest BCUT2D eigenvalue weighted by molar-refractivity contribution is -0.384. The molecular formula is C48H49ClFN7O8S2. The zero-order valence-electron chi connectivity index (χ0n) is 36.9. The van der Waals surface area contributed by atoms with Crippen LogP contribution in [0.4, 0.5) is 21.5 Å². The minimum Gasteiger partial charge on any atom is -0.455 e. The Kier molecular flexibility index (Phi) is 13.4. The van der Waals surface area contributed by atoms with E-state index in [9.17, 15) is 27.7 Å². The van der Waals surface area contributed by atoms with Crippen molar-refractivity contribution >= 4 is 72.5 Å². The summed E-state index contributed by atoms with van der Waals surface area (Å²) in [4.78, 5) is 38.1. The number of rotatable bonds is 14. The molecule has 5 heterocycles. The molecule has 15 nitrogen and oxygen atoms in total. The van der Waals surface area contributed by atoms with Crippen LogP contribution in [0, 0.1) is 21.3 Å². The summed E-state index contributed by atoms with van der Waals surface area (Å²) in [7, 11) is -4.61. The van der Waals surface area contributed by atoms with E-state index in [4.69, 9.17) is 25.8 Å². The van der Waals surface area contributed by atoms with Gasteiger partial charge in [0.05, 0.1) is 47.5 Å². The van der Waals surface area contributed by atoms with Gasteiger partial charge in [-0.2, -0.15) is 0 Å². The fourth-order valence-corrected chi connectivity index (χ4v) is 10.9. The number of amides is 1.